The molecule has 6 rings (SSSR count). The minimum absolute atomic E-state index is 0.316. The molecule has 33 heavy (non-hydrogen) atoms. The van der Waals surface area contributed by atoms with E-state index in [1.54, 1.807) is 12.4 Å². The summed E-state index contributed by atoms with van der Waals surface area (Å²) < 4.78 is 21.7. The van der Waals surface area contributed by atoms with E-state index in [0.717, 1.165) is 24.6 Å². The zero-order chi connectivity index (χ0) is 22.5. The van der Waals surface area contributed by atoms with Gasteiger partial charge in [0.2, 0.25) is 5.95 Å². The predicted molar refractivity (Wildman–Crippen MR) is 122 cm³/mol. The fourth-order valence-electron chi connectivity index (χ4n) is 5.48. The van der Waals surface area contributed by atoms with Crippen molar-refractivity contribution < 1.29 is 9.13 Å². The first kappa shape index (κ1) is 20.8. The second-order valence-electron chi connectivity index (χ2n) is 9.16. The maximum atomic E-state index is 13.9. The van der Waals surface area contributed by atoms with Crippen LogP contribution in [0, 0.1) is 24.6 Å². The van der Waals surface area contributed by atoms with Crippen molar-refractivity contribution in [2.45, 2.75) is 38.5 Å². The fraction of sp³-hybridized carbons (Fsp3) is 0.478. The first-order valence-corrected chi connectivity index (χ1v) is 11.7. The number of hydrogen-bond donors (Lipinski definition) is 1. The summed E-state index contributed by atoms with van der Waals surface area (Å²) in [6.07, 6.45) is 3.49. The van der Waals surface area contributed by atoms with Crippen LogP contribution < -0.4 is 10.2 Å². The minimum Gasteiger partial charge on any atom is -0.364 e. The van der Waals surface area contributed by atoms with Gasteiger partial charge in [0, 0.05) is 35.9 Å². The Morgan fingerprint density at radius 2 is 1.94 bits per heavy atom. The molecule has 1 saturated carbocycles. The lowest BCUT2D eigenvalue weighted by atomic mass is 9.92. The topological polar surface area (TPSA) is 81.0 Å². The summed E-state index contributed by atoms with van der Waals surface area (Å²) in [4.78, 5) is 15.8. The second-order valence-corrected chi connectivity index (χ2v) is 9.60. The first-order chi connectivity index (χ1) is 16.0. The summed E-state index contributed by atoms with van der Waals surface area (Å²) >= 11 is 6.07. The van der Waals surface area contributed by atoms with E-state index in [0.29, 0.717) is 53.4 Å². The van der Waals surface area contributed by atoms with Gasteiger partial charge in [-0.1, -0.05) is 11.6 Å². The zero-order valence-corrected chi connectivity index (χ0v) is 19.0. The van der Waals surface area contributed by atoms with Crippen LogP contribution in [0.15, 0.2) is 30.6 Å². The van der Waals surface area contributed by atoms with Crippen LogP contribution in [-0.4, -0.2) is 50.5 Å². The molecule has 0 spiro atoms. The molecular weight excluding hydrogens is 445 g/mol. The van der Waals surface area contributed by atoms with Crippen molar-refractivity contribution in [3.63, 3.8) is 0 Å². The molecule has 2 aliphatic heterocycles. The molecule has 2 fully saturated rings. The third kappa shape index (κ3) is 3.93. The average Bonchev–Trinajstić information content (AvgIpc) is 3.29. The minimum atomic E-state index is -0.491. The van der Waals surface area contributed by atoms with E-state index in [4.69, 9.17) is 26.4 Å². The number of rotatable bonds is 4. The molecule has 1 N–H and O–H groups in total. The maximum Gasteiger partial charge on any atom is 0.242 e. The molecule has 0 unspecified atom stereocenters. The Hall–Kier alpha value is -2.78. The SMILES string of the molecule is Cc1cc(N2C[C@H]3CC[C@@H](C2)[C@@H]3Nc2nc3n(n2)CCO[C@@H]3c2cc(F)cc(Cl)c2)ncn1. The van der Waals surface area contributed by atoms with E-state index in [-0.39, 0.29) is 0 Å². The second kappa shape index (κ2) is 8.22. The van der Waals surface area contributed by atoms with Crippen LogP contribution in [0.3, 0.4) is 0 Å². The molecular formula is C23H25ClFN7O. The lowest BCUT2D eigenvalue weighted by Gasteiger charge is -2.38. The van der Waals surface area contributed by atoms with Crippen molar-refractivity contribution >= 4 is 23.4 Å². The first-order valence-electron chi connectivity index (χ1n) is 11.4. The number of hydrogen-bond acceptors (Lipinski definition) is 7. The zero-order valence-electron chi connectivity index (χ0n) is 18.3. The third-order valence-electron chi connectivity index (χ3n) is 6.95. The van der Waals surface area contributed by atoms with Gasteiger partial charge in [0.25, 0.3) is 0 Å². The Kier molecular flexibility index (Phi) is 5.18. The Morgan fingerprint density at radius 3 is 2.70 bits per heavy atom. The molecule has 1 saturated heterocycles. The standard InChI is InChI=1S/C23H25ClFN7O/c1-13-6-19(27-12-26-13)31-10-14-2-3-15(11-31)20(14)28-23-29-22-21(33-5-4-32(22)30-23)16-7-17(24)9-18(25)8-16/h6-9,12,14-15,20-21H,2-5,10-11H2,1H3,(H,28,30)/t14-,15+,20-,21-/m1/s1. The number of piperidine rings is 1. The smallest absolute Gasteiger partial charge is 0.242 e. The van der Waals surface area contributed by atoms with Crippen LogP contribution in [0.4, 0.5) is 16.2 Å². The van der Waals surface area contributed by atoms with Crippen molar-refractivity contribution in [1.29, 1.82) is 0 Å². The number of nitrogens with zero attached hydrogens (tertiary/aromatic N) is 6. The Morgan fingerprint density at radius 1 is 1.12 bits per heavy atom. The lowest BCUT2D eigenvalue weighted by Crippen LogP contribution is -2.48. The van der Waals surface area contributed by atoms with Gasteiger partial charge in [0.1, 0.15) is 24.1 Å². The number of aryl methyl sites for hydroxylation is 1. The van der Waals surface area contributed by atoms with E-state index in [9.17, 15) is 4.39 Å². The van der Waals surface area contributed by atoms with Crippen molar-refractivity contribution in [3.05, 3.63) is 58.5 Å². The highest BCUT2D eigenvalue weighted by Crippen LogP contribution is 2.40. The Balaban J connectivity index is 1.21. The molecule has 172 valence electrons. The molecule has 1 aromatic carbocycles. The monoisotopic (exact) mass is 469 g/mol. The van der Waals surface area contributed by atoms with Gasteiger partial charge in [-0.05, 0) is 55.4 Å². The van der Waals surface area contributed by atoms with Gasteiger partial charge >= 0.3 is 0 Å². The Bertz CT molecular complexity index is 1150. The molecule has 10 heteroatoms. The summed E-state index contributed by atoms with van der Waals surface area (Å²) in [6.45, 7) is 4.99. The number of anilines is 2. The predicted octanol–water partition coefficient (Wildman–Crippen LogP) is 3.62. The molecule has 4 atom stereocenters. The highest BCUT2D eigenvalue weighted by molar-refractivity contribution is 6.30. The summed E-state index contributed by atoms with van der Waals surface area (Å²) in [5, 5.41) is 8.66. The molecule has 2 aromatic heterocycles. The largest absolute Gasteiger partial charge is 0.364 e. The van der Waals surface area contributed by atoms with Crippen LogP contribution in [0.25, 0.3) is 0 Å². The fourth-order valence-corrected chi connectivity index (χ4v) is 5.72. The van der Waals surface area contributed by atoms with Gasteiger partial charge in [-0.2, -0.15) is 4.98 Å². The van der Waals surface area contributed by atoms with Crippen molar-refractivity contribution in [2.75, 3.05) is 29.9 Å². The van der Waals surface area contributed by atoms with Crippen molar-refractivity contribution in [1.82, 2.24) is 24.7 Å². The number of nitrogens with one attached hydrogen (secondary N) is 1. The van der Waals surface area contributed by atoms with Gasteiger partial charge in [-0.15, -0.1) is 5.10 Å². The van der Waals surface area contributed by atoms with Crippen LogP contribution in [-0.2, 0) is 11.3 Å². The van der Waals surface area contributed by atoms with Crippen LogP contribution in [0.1, 0.15) is 36.0 Å². The van der Waals surface area contributed by atoms with Crippen LogP contribution in [0.2, 0.25) is 5.02 Å². The number of fused-ring (bicyclic) bond motifs is 3. The quantitative estimate of drug-likeness (QED) is 0.625. The van der Waals surface area contributed by atoms with Crippen LogP contribution >= 0.6 is 11.6 Å². The van der Waals surface area contributed by atoms with Crippen molar-refractivity contribution in [3.8, 4) is 0 Å². The summed E-state index contributed by atoms with van der Waals surface area (Å²) in [5.41, 5.74) is 1.63. The summed E-state index contributed by atoms with van der Waals surface area (Å²) in [6, 6.07) is 6.82. The number of benzene rings is 1. The third-order valence-corrected chi connectivity index (χ3v) is 7.17. The number of aromatic nitrogens is 5. The molecule has 4 heterocycles. The maximum absolute atomic E-state index is 13.9. The van der Waals surface area contributed by atoms with Crippen molar-refractivity contribution in [2.24, 2.45) is 11.8 Å². The number of ether oxygens (including phenoxy) is 1. The molecule has 3 aromatic rings. The van der Waals surface area contributed by atoms with Gasteiger partial charge in [0.15, 0.2) is 5.82 Å². The molecule has 0 amide bonds. The van der Waals surface area contributed by atoms with Gasteiger partial charge in [-0.3, -0.25) is 0 Å². The molecule has 1 aliphatic carbocycles. The summed E-state index contributed by atoms with van der Waals surface area (Å²) in [5.74, 6) is 2.88. The lowest BCUT2D eigenvalue weighted by molar-refractivity contribution is 0.0388. The van der Waals surface area contributed by atoms with E-state index in [2.05, 4.69) is 26.3 Å². The highest BCUT2D eigenvalue weighted by atomic mass is 35.5. The Labute approximate surface area is 196 Å². The molecule has 8 nitrogen and oxygen atoms in total. The van der Waals surface area contributed by atoms with Gasteiger partial charge in [0.05, 0.1) is 13.2 Å². The normalized spacial score (nSPS) is 26.3. The van der Waals surface area contributed by atoms with Gasteiger partial charge in [-0.25, -0.2) is 19.0 Å². The van der Waals surface area contributed by atoms with E-state index in [1.807, 2.05) is 11.6 Å². The molecule has 0 radical (unpaired) electrons. The van der Waals surface area contributed by atoms with E-state index < -0.39 is 11.9 Å². The van der Waals surface area contributed by atoms with Gasteiger partial charge < -0.3 is 15.0 Å². The average molecular weight is 470 g/mol. The molecule has 3 aliphatic rings. The number of halogens is 2. The van der Waals surface area contributed by atoms with E-state index >= 15 is 0 Å². The van der Waals surface area contributed by atoms with Crippen LogP contribution in [0.5, 0.6) is 0 Å². The molecule has 2 bridgehead atoms. The summed E-state index contributed by atoms with van der Waals surface area (Å²) in [7, 11) is 0. The van der Waals surface area contributed by atoms with E-state index in [1.165, 1.54) is 25.0 Å². The highest BCUT2D eigenvalue weighted by Gasteiger charge is 2.43.